The van der Waals surface area contributed by atoms with Gasteiger partial charge in [-0.25, -0.2) is 0 Å². The lowest BCUT2D eigenvalue weighted by atomic mass is 10.2. The fourth-order valence-corrected chi connectivity index (χ4v) is 1.53. The number of morpholine rings is 1. The molecule has 0 unspecified atom stereocenters. The van der Waals surface area contributed by atoms with Gasteiger partial charge in [0, 0.05) is 12.6 Å². The summed E-state index contributed by atoms with van der Waals surface area (Å²) in [7, 11) is 0. The molecule has 0 saturated carbocycles. The number of hydrogen-bond acceptors (Lipinski definition) is 3. The highest BCUT2D eigenvalue weighted by Gasteiger charge is 2.19. The first-order chi connectivity index (χ1) is 5.88. The summed E-state index contributed by atoms with van der Waals surface area (Å²) in [6.45, 7) is 4.74. The topological polar surface area (TPSA) is 25.6 Å². The summed E-state index contributed by atoms with van der Waals surface area (Å²) >= 11 is 0. The van der Waals surface area contributed by atoms with E-state index in [1.54, 1.807) is 12.5 Å². The molecule has 0 aliphatic carbocycles. The van der Waals surface area contributed by atoms with Crippen LogP contribution in [0.1, 0.15) is 6.92 Å². The van der Waals surface area contributed by atoms with Crippen LogP contribution in [-0.2, 0) is 4.74 Å². The van der Waals surface area contributed by atoms with E-state index in [0.717, 1.165) is 25.4 Å². The second-order valence-electron chi connectivity index (χ2n) is 3.10. The molecule has 12 heavy (non-hydrogen) atoms. The molecule has 0 radical (unpaired) electrons. The average molecular weight is 167 g/mol. The van der Waals surface area contributed by atoms with Gasteiger partial charge in [0.15, 0.2) is 0 Å². The van der Waals surface area contributed by atoms with Gasteiger partial charge in [-0.05, 0) is 13.0 Å². The molecule has 0 aromatic carbocycles. The van der Waals surface area contributed by atoms with Crippen molar-refractivity contribution in [2.24, 2.45) is 0 Å². The van der Waals surface area contributed by atoms with Gasteiger partial charge in [-0.3, -0.25) is 0 Å². The number of nitrogens with zero attached hydrogens (tertiary/aromatic N) is 1. The average Bonchev–Trinajstić information content (AvgIpc) is 2.57. The van der Waals surface area contributed by atoms with E-state index in [4.69, 9.17) is 9.15 Å². The number of anilines is 1. The van der Waals surface area contributed by atoms with E-state index in [9.17, 15) is 0 Å². The highest BCUT2D eigenvalue weighted by molar-refractivity contribution is 5.44. The maximum absolute atomic E-state index is 5.34. The molecule has 3 nitrogen and oxygen atoms in total. The van der Waals surface area contributed by atoms with Crippen molar-refractivity contribution in [2.45, 2.75) is 13.0 Å². The molecular weight excluding hydrogens is 154 g/mol. The molecule has 2 rings (SSSR count). The fourth-order valence-electron chi connectivity index (χ4n) is 1.53. The van der Waals surface area contributed by atoms with Gasteiger partial charge >= 0.3 is 0 Å². The van der Waals surface area contributed by atoms with Gasteiger partial charge in [0.1, 0.15) is 6.26 Å². The molecule has 0 N–H and O–H groups in total. The van der Waals surface area contributed by atoms with Gasteiger partial charge in [-0.2, -0.15) is 0 Å². The second kappa shape index (κ2) is 3.19. The minimum absolute atomic E-state index is 0.455. The fraction of sp³-hybridized carbons (Fsp3) is 0.556. The lowest BCUT2D eigenvalue weighted by Gasteiger charge is -2.33. The molecule has 0 amide bonds. The number of rotatable bonds is 1. The van der Waals surface area contributed by atoms with Gasteiger partial charge in [-0.15, -0.1) is 0 Å². The van der Waals surface area contributed by atoms with Crippen LogP contribution in [-0.4, -0.2) is 25.8 Å². The molecule has 1 saturated heterocycles. The Morgan fingerprint density at radius 1 is 1.58 bits per heavy atom. The molecule has 0 bridgehead atoms. The van der Waals surface area contributed by atoms with Crippen LogP contribution in [0.4, 0.5) is 5.69 Å². The van der Waals surface area contributed by atoms with Gasteiger partial charge in [0.05, 0.1) is 25.2 Å². The zero-order valence-electron chi connectivity index (χ0n) is 7.19. The molecule has 1 aliphatic rings. The lowest BCUT2D eigenvalue weighted by molar-refractivity contribution is 0.0989. The molecule has 3 heteroatoms. The lowest BCUT2D eigenvalue weighted by Crippen LogP contribution is -2.43. The summed E-state index contributed by atoms with van der Waals surface area (Å²) in [6, 6.07) is 2.44. The Hall–Kier alpha value is -0.960. The zero-order valence-corrected chi connectivity index (χ0v) is 7.19. The summed E-state index contributed by atoms with van der Waals surface area (Å²) in [4.78, 5) is 2.30. The van der Waals surface area contributed by atoms with Gasteiger partial charge < -0.3 is 14.1 Å². The van der Waals surface area contributed by atoms with Crippen molar-refractivity contribution in [1.82, 2.24) is 0 Å². The van der Waals surface area contributed by atoms with Crippen molar-refractivity contribution in [2.75, 3.05) is 24.7 Å². The molecule has 0 spiro atoms. The van der Waals surface area contributed by atoms with E-state index in [2.05, 4.69) is 11.8 Å². The summed E-state index contributed by atoms with van der Waals surface area (Å²) in [6.07, 6.45) is 3.49. The van der Waals surface area contributed by atoms with Crippen LogP contribution in [0.5, 0.6) is 0 Å². The first-order valence-corrected chi connectivity index (χ1v) is 4.24. The van der Waals surface area contributed by atoms with Crippen LogP contribution >= 0.6 is 0 Å². The van der Waals surface area contributed by atoms with Crippen LogP contribution < -0.4 is 4.90 Å². The molecule has 1 aromatic rings. The smallest absolute Gasteiger partial charge is 0.114 e. The summed E-state index contributed by atoms with van der Waals surface area (Å²) < 4.78 is 10.4. The second-order valence-corrected chi connectivity index (χ2v) is 3.10. The van der Waals surface area contributed by atoms with E-state index in [1.807, 2.05) is 6.07 Å². The van der Waals surface area contributed by atoms with Crippen molar-refractivity contribution >= 4 is 5.69 Å². The van der Waals surface area contributed by atoms with Crippen molar-refractivity contribution in [3.05, 3.63) is 18.6 Å². The van der Waals surface area contributed by atoms with Gasteiger partial charge in [0.2, 0.25) is 0 Å². The molecule has 2 heterocycles. The van der Waals surface area contributed by atoms with Crippen molar-refractivity contribution in [3.8, 4) is 0 Å². The summed E-state index contributed by atoms with van der Waals surface area (Å²) in [5.74, 6) is 0. The van der Waals surface area contributed by atoms with E-state index < -0.39 is 0 Å². The van der Waals surface area contributed by atoms with E-state index >= 15 is 0 Å². The molecule has 1 aromatic heterocycles. The first-order valence-electron chi connectivity index (χ1n) is 4.24. The largest absolute Gasteiger partial charge is 0.470 e. The van der Waals surface area contributed by atoms with E-state index in [-0.39, 0.29) is 0 Å². The molecule has 66 valence electrons. The monoisotopic (exact) mass is 167 g/mol. The minimum atomic E-state index is 0.455. The molecular formula is C9H13NO2. The molecule has 1 aliphatic heterocycles. The van der Waals surface area contributed by atoms with Crippen molar-refractivity contribution in [3.63, 3.8) is 0 Å². The minimum Gasteiger partial charge on any atom is -0.470 e. The SMILES string of the molecule is C[C@H]1COCCN1c1ccoc1. The molecule has 1 atom stereocenters. The van der Waals surface area contributed by atoms with Crippen LogP contribution in [0.25, 0.3) is 0 Å². The summed E-state index contributed by atoms with van der Waals surface area (Å²) in [5, 5.41) is 0. The van der Waals surface area contributed by atoms with Crippen LogP contribution in [0.2, 0.25) is 0 Å². The Morgan fingerprint density at radius 3 is 3.17 bits per heavy atom. The third-order valence-corrected chi connectivity index (χ3v) is 2.21. The van der Waals surface area contributed by atoms with Gasteiger partial charge in [0.25, 0.3) is 0 Å². The highest BCUT2D eigenvalue weighted by atomic mass is 16.5. The maximum atomic E-state index is 5.34. The predicted octanol–water partition coefficient (Wildman–Crippen LogP) is 1.50. The third kappa shape index (κ3) is 1.32. The Kier molecular flexibility index (Phi) is 2.04. The zero-order chi connectivity index (χ0) is 8.39. The Morgan fingerprint density at radius 2 is 2.50 bits per heavy atom. The van der Waals surface area contributed by atoms with Gasteiger partial charge in [-0.1, -0.05) is 0 Å². The Labute approximate surface area is 71.9 Å². The van der Waals surface area contributed by atoms with Crippen LogP contribution in [0.3, 0.4) is 0 Å². The predicted molar refractivity (Wildman–Crippen MR) is 46.3 cm³/mol. The first kappa shape index (κ1) is 7.68. The normalized spacial score (nSPS) is 24.4. The Balaban J connectivity index is 2.11. The molecule has 1 fully saturated rings. The summed E-state index contributed by atoms with van der Waals surface area (Å²) in [5.41, 5.74) is 1.16. The van der Waals surface area contributed by atoms with Crippen LogP contribution in [0.15, 0.2) is 23.0 Å². The number of furan rings is 1. The van der Waals surface area contributed by atoms with Crippen LogP contribution in [0, 0.1) is 0 Å². The van der Waals surface area contributed by atoms with Crippen molar-refractivity contribution in [1.29, 1.82) is 0 Å². The number of hydrogen-bond donors (Lipinski definition) is 0. The van der Waals surface area contributed by atoms with E-state index in [1.165, 1.54) is 0 Å². The highest BCUT2D eigenvalue weighted by Crippen LogP contribution is 2.19. The quantitative estimate of drug-likeness (QED) is 0.634. The third-order valence-electron chi connectivity index (χ3n) is 2.21. The Bertz CT molecular complexity index is 233. The van der Waals surface area contributed by atoms with E-state index in [0.29, 0.717) is 6.04 Å². The van der Waals surface area contributed by atoms with Crippen molar-refractivity contribution < 1.29 is 9.15 Å². The number of ether oxygens (including phenoxy) is 1. The maximum Gasteiger partial charge on any atom is 0.114 e. The standard InChI is InChI=1S/C9H13NO2/c1-8-6-12-5-3-10(8)9-2-4-11-7-9/h2,4,7-8H,3,5-6H2,1H3/t8-/m0/s1.